The summed E-state index contributed by atoms with van der Waals surface area (Å²) in [6, 6.07) is 13.0. The molecular weight excluding hydrogens is 323 g/mol. The van der Waals surface area contributed by atoms with Crippen LogP contribution < -0.4 is 20.1 Å². The number of halogens is 1. The summed E-state index contributed by atoms with van der Waals surface area (Å²) in [4.78, 5) is 10.3. The molecule has 3 aromatic rings. The van der Waals surface area contributed by atoms with Crippen molar-refractivity contribution in [3.05, 3.63) is 60.5 Å². The standard InChI is InChI=1S/C18H17FN4O2/c1-24-15-9-14(10-16(11-15)25-2)23(13-5-3-12(19)4-6-13)18-21-8-7-17(20)22-18/h3-11H,1-2H3,(H2,20,21,22). The molecule has 3 rings (SSSR count). The normalized spacial score (nSPS) is 10.4. The van der Waals surface area contributed by atoms with Crippen LogP contribution in [-0.2, 0) is 0 Å². The lowest BCUT2D eigenvalue weighted by Gasteiger charge is -2.24. The zero-order chi connectivity index (χ0) is 17.8. The lowest BCUT2D eigenvalue weighted by atomic mass is 10.2. The number of nitrogen functional groups attached to an aromatic ring is 1. The molecule has 2 N–H and O–H groups in total. The maximum Gasteiger partial charge on any atom is 0.236 e. The van der Waals surface area contributed by atoms with E-state index < -0.39 is 0 Å². The molecule has 0 aliphatic heterocycles. The third-order valence-corrected chi connectivity index (χ3v) is 3.54. The average molecular weight is 340 g/mol. The van der Waals surface area contributed by atoms with E-state index in [1.807, 2.05) is 0 Å². The summed E-state index contributed by atoms with van der Waals surface area (Å²) in [5, 5.41) is 0. The number of aromatic nitrogens is 2. The zero-order valence-electron chi connectivity index (χ0n) is 13.8. The number of nitrogens with two attached hydrogens (primary N) is 1. The van der Waals surface area contributed by atoms with Gasteiger partial charge in [-0.05, 0) is 30.3 Å². The Balaban J connectivity index is 2.19. The van der Waals surface area contributed by atoms with Crippen molar-refractivity contribution in [3.8, 4) is 11.5 Å². The molecule has 0 amide bonds. The van der Waals surface area contributed by atoms with Gasteiger partial charge in [0.15, 0.2) is 0 Å². The molecule has 25 heavy (non-hydrogen) atoms. The van der Waals surface area contributed by atoms with E-state index in [1.54, 1.807) is 61.7 Å². The molecule has 0 atom stereocenters. The van der Waals surface area contributed by atoms with E-state index in [9.17, 15) is 4.39 Å². The zero-order valence-corrected chi connectivity index (χ0v) is 13.8. The summed E-state index contributed by atoms with van der Waals surface area (Å²) in [6.45, 7) is 0. The Morgan fingerprint density at radius 3 is 2.12 bits per heavy atom. The Bertz CT molecular complexity index is 849. The highest BCUT2D eigenvalue weighted by Gasteiger charge is 2.17. The summed E-state index contributed by atoms with van der Waals surface area (Å²) < 4.78 is 24.0. The van der Waals surface area contributed by atoms with Gasteiger partial charge in [-0.2, -0.15) is 4.98 Å². The van der Waals surface area contributed by atoms with Gasteiger partial charge in [-0.1, -0.05) is 0 Å². The molecule has 0 fully saturated rings. The molecule has 0 unspecified atom stereocenters. The van der Waals surface area contributed by atoms with Crippen LogP contribution in [-0.4, -0.2) is 24.2 Å². The van der Waals surface area contributed by atoms with Crippen molar-refractivity contribution in [3.63, 3.8) is 0 Å². The number of anilines is 4. The van der Waals surface area contributed by atoms with Crippen LogP contribution in [0.2, 0.25) is 0 Å². The van der Waals surface area contributed by atoms with Gasteiger partial charge in [0.1, 0.15) is 23.1 Å². The van der Waals surface area contributed by atoms with Crippen LogP contribution in [0.4, 0.5) is 27.5 Å². The van der Waals surface area contributed by atoms with E-state index in [0.717, 1.165) is 0 Å². The molecule has 1 aromatic heterocycles. The Morgan fingerprint density at radius 1 is 0.920 bits per heavy atom. The van der Waals surface area contributed by atoms with Gasteiger partial charge in [0.25, 0.3) is 0 Å². The fourth-order valence-electron chi connectivity index (χ4n) is 2.36. The predicted octanol–water partition coefficient (Wildman–Crippen LogP) is 3.68. The molecular formula is C18H17FN4O2. The Labute approximate surface area is 144 Å². The van der Waals surface area contributed by atoms with Crippen molar-refractivity contribution < 1.29 is 13.9 Å². The predicted molar refractivity (Wildman–Crippen MR) is 94.2 cm³/mol. The second-order valence-electron chi connectivity index (χ2n) is 5.16. The molecule has 128 valence electrons. The van der Waals surface area contributed by atoms with E-state index in [4.69, 9.17) is 15.2 Å². The van der Waals surface area contributed by atoms with E-state index >= 15 is 0 Å². The molecule has 0 saturated heterocycles. The number of hydrogen-bond donors (Lipinski definition) is 1. The van der Waals surface area contributed by atoms with Gasteiger partial charge in [0, 0.05) is 30.1 Å². The summed E-state index contributed by atoms with van der Waals surface area (Å²) in [5.41, 5.74) is 7.16. The van der Waals surface area contributed by atoms with Crippen LogP contribution in [0.15, 0.2) is 54.7 Å². The van der Waals surface area contributed by atoms with Crippen molar-refractivity contribution in [1.82, 2.24) is 9.97 Å². The largest absolute Gasteiger partial charge is 0.497 e. The molecule has 0 saturated carbocycles. The van der Waals surface area contributed by atoms with Crippen molar-refractivity contribution in [2.45, 2.75) is 0 Å². The molecule has 0 aliphatic carbocycles. The fourth-order valence-corrected chi connectivity index (χ4v) is 2.36. The van der Waals surface area contributed by atoms with Gasteiger partial charge in [-0.25, -0.2) is 9.37 Å². The second-order valence-corrected chi connectivity index (χ2v) is 5.16. The van der Waals surface area contributed by atoms with E-state index in [0.29, 0.717) is 34.6 Å². The molecule has 0 spiro atoms. The first-order chi connectivity index (χ1) is 12.1. The van der Waals surface area contributed by atoms with Gasteiger partial charge in [0.05, 0.1) is 19.9 Å². The second kappa shape index (κ2) is 7.04. The smallest absolute Gasteiger partial charge is 0.236 e. The number of methoxy groups -OCH3 is 2. The Hall–Kier alpha value is -3.35. The average Bonchev–Trinajstić information content (AvgIpc) is 2.63. The SMILES string of the molecule is COc1cc(OC)cc(N(c2ccc(F)cc2)c2nccc(N)n2)c1. The van der Waals surface area contributed by atoms with Gasteiger partial charge >= 0.3 is 0 Å². The lowest BCUT2D eigenvalue weighted by molar-refractivity contribution is 0.394. The van der Waals surface area contributed by atoms with Crippen LogP contribution in [0.1, 0.15) is 0 Å². The monoisotopic (exact) mass is 340 g/mol. The van der Waals surface area contributed by atoms with Gasteiger partial charge in [0.2, 0.25) is 5.95 Å². The Kier molecular flexibility index (Phi) is 4.65. The number of hydrogen-bond acceptors (Lipinski definition) is 6. The minimum Gasteiger partial charge on any atom is -0.497 e. The van der Waals surface area contributed by atoms with Crippen LogP contribution >= 0.6 is 0 Å². The first-order valence-corrected chi connectivity index (χ1v) is 7.48. The fraction of sp³-hybridized carbons (Fsp3) is 0.111. The van der Waals surface area contributed by atoms with Gasteiger partial charge < -0.3 is 15.2 Å². The summed E-state index contributed by atoms with van der Waals surface area (Å²) in [5.74, 6) is 1.55. The third-order valence-electron chi connectivity index (χ3n) is 3.54. The van der Waals surface area contributed by atoms with Crippen molar-refractivity contribution in [2.75, 3.05) is 24.9 Å². The van der Waals surface area contributed by atoms with Crippen LogP contribution in [0.25, 0.3) is 0 Å². The minimum atomic E-state index is -0.333. The first kappa shape index (κ1) is 16.5. The van der Waals surface area contributed by atoms with Crippen LogP contribution in [0.5, 0.6) is 11.5 Å². The Morgan fingerprint density at radius 2 is 1.56 bits per heavy atom. The number of rotatable bonds is 5. The van der Waals surface area contributed by atoms with Crippen LogP contribution in [0.3, 0.4) is 0 Å². The van der Waals surface area contributed by atoms with Crippen molar-refractivity contribution in [2.24, 2.45) is 0 Å². The molecule has 6 nitrogen and oxygen atoms in total. The molecule has 0 radical (unpaired) electrons. The molecule has 7 heteroatoms. The lowest BCUT2D eigenvalue weighted by Crippen LogP contribution is -2.14. The summed E-state index contributed by atoms with van der Waals surface area (Å²) >= 11 is 0. The van der Waals surface area contributed by atoms with Crippen molar-refractivity contribution in [1.29, 1.82) is 0 Å². The third kappa shape index (κ3) is 3.60. The quantitative estimate of drug-likeness (QED) is 0.764. The molecule has 2 aromatic carbocycles. The first-order valence-electron chi connectivity index (χ1n) is 7.48. The van der Waals surface area contributed by atoms with E-state index in [2.05, 4.69) is 9.97 Å². The van der Waals surface area contributed by atoms with Gasteiger partial charge in [-0.15, -0.1) is 0 Å². The van der Waals surface area contributed by atoms with Gasteiger partial charge in [-0.3, -0.25) is 4.90 Å². The highest BCUT2D eigenvalue weighted by atomic mass is 19.1. The number of benzene rings is 2. The molecule has 1 heterocycles. The van der Waals surface area contributed by atoms with E-state index in [-0.39, 0.29) is 5.82 Å². The van der Waals surface area contributed by atoms with E-state index in [1.165, 1.54) is 12.1 Å². The summed E-state index contributed by atoms with van der Waals surface area (Å²) in [6.07, 6.45) is 1.56. The maximum atomic E-state index is 13.3. The van der Waals surface area contributed by atoms with Crippen molar-refractivity contribution >= 4 is 23.1 Å². The topological polar surface area (TPSA) is 73.5 Å². The molecule has 0 aliphatic rings. The number of ether oxygens (including phenoxy) is 2. The minimum absolute atomic E-state index is 0.326. The number of nitrogens with zero attached hydrogens (tertiary/aromatic N) is 3. The highest BCUT2D eigenvalue weighted by Crippen LogP contribution is 2.37. The molecule has 0 bridgehead atoms. The highest BCUT2D eigenvalue weighted by molar-refractivity contribution is 5.74. The summed E-state index contributed by atoms with van der Waals surface area (Å²) in [7, 11) is 3.13. The maximum absolute atomic E-state index is 13.3. The van der Waals surface area contributed by atoms with Crippen LogP contribution in [0, 0.1) is 5.82 Å².